The van der Waals surface area contributed by atoms with Crippen molar-refractivity contribution in [3.63, 3.8) is 0 Å². The zero-order valence-electron chi connectivity index (χ0n) is 18.0. The van der Waals surface area contributed by atoms with Gasteiger partial charge in [0.25, 0.3) is 0 Å². The van der Waals surface area contributed by atoms with E-state index in [0.29, 0.717) is 47.5 Å². The summed E-state index contributed by atoms with van der Waals surface area (Å²) in [6, 6.07) is 13.3. The fraction of sp³-hybridized carbons (Fsp3) is 0.440. The van der Waals surface area contributed by atoms with E-state index in [1.165, 1.54) is 0 Å². The number of halogens is 3. The molecule has 0 bridgehead atoms. The van der Waals surface area contributed by atoms with Gasteiger partial charge in [0.05, 0.1) is 0 Å². The highest BCUT2D eigenvalue weighted by atomic mass is 35.5. The van der Waals surface area contributed by atoms with E-state index in [9.17, 15) is 9.59 Å². The summed E-state index contributed by atoms with van der Waals surface area (Å²) in [5.41, 5.74) is 1.08. The summed E-state index contributed by atoms with van der Waals surface area (Å²) in [7, 11) is 0. The number of fused-ring (bicyclic) bond motifs is 1. The summed E-state index contributed by atoms with van der Waals surface area (Å²) >= 11 is 19.0. The number of amides is 2. The second-order valence-electron chi connectivity index (χ2n) is 9.17. The van der Waals surface area contributed by atoms with Crippen LogP contribution in [-0.4, -0.2) is 36.6 Å². The summed E-state index contributed by atoms with van der Waals surface area (Å²) in [5.74, 6) is -0.479. The molecule has 3 fully saturated rings. The molecule has 8 heteroatoms. The topological polar surface area (TPSA) is 67.4 Å². The second kappa shape index (κ2) is 9.10. The Morgan fingerprint density at radius 1 is 1.06 bits per heavy atom. The molecule has 2 aromatic carbocycles. The quantitative estimate of drug-likeness (QED) is 0.606. The summed E-state index contributed by atoms with van der Waals surface area (Å²) < 4.78 is 5.59. The maximum absolute atomic E-state index is 13.2. The van der Waals surface area contributed by atoms with Crippen molar-refractivity contribution in [3.05, 3.63) is 68.7 Å². The first kappa shape index (κ1) is 23.0. The predicted molar refractivity (Wildman–Crippen MR) is 129 cm³/mol. The molecule has 5 rings (SSSR count). The van der Waals surface area contributed by atoms with Gasteiger partial charge in [-0.2, -0.15) is 0 Å². The third kappa shape index (κ3) is 4.14. The van der Waals surface area contributed by atoms with Crippen LogP contribution in [0.4, 0.5) is 0 Å². The Hall–Kier alpha value is -1.79. The number of benzene rings is 2. The Morgan fingerprint density at radius 3 is 2.52 bits per heavy atom. The molecule has 2 heterocycles. The van der Waals surface area contributed by atoms with Crippen molar-refractivity contribution in [2.75, 3.05) is 13.2 Å². The minimum absolute atomic E-state index is 0.0569. The van der Waals surface area contributed by atoms with Crippen LogP contribution in [0, 0.1) is 5.92 Å². The first-order chi connectivity index (χ1) is 15.9. The molecule has 0 aromatic heterocycles. The van der Waals surface area contributed by atoms with Gasteiger partial charge in [0.2, 0.25) is 11.8 Å². The van der Waals surface area contributed by atoms with Crippen molar-refractivity contribution >= 4 is 46.6 Å². The molecule has 1 saturated carbocycles. The van der Waals surface area contributed by atoms with E-state index in [4.69, 9.17) is 39.5 Å². The molecule has 5 nitrogen and oxygen atoms in total. The fourth-order valence-electron chi connectivity index (χ4n) is 5.88. The van der Waals surface area contributed by atoms with Gasteiger partial charge >= 0.3 is 0 Å². The number of carbonyl (C=O) groups excluding carboxylic acids is 2. The maximum Gasteiger partial charge on any atom is 0.249 e. The monoisotopic (exact) mass is 506 g/mol. The Balaban J connectivity index is 1.56. The molecule has 2 saturated heterocycles. The zero-order valence-corrected chi connectivity index (χ0v) is 20.2. The van der Waals surface area contributed by atoms with Gasteiger partial charge < -0.3 is 15.4 Å². The van der Waals surface area contributed by atoms with Crippen molar-refractivity contribution in [3.8, 4) is 0 Å². The largest absolute Gasteiger partial charge is 0.368 e. The van der Waals surface area contributed by atoms with Gasteiger partial charge in [-0.05, 0) is 72.9 Å². The summed E-state index contributed by atoms with van der Waals surface area (Å²) in [6.45, 7) is 1.05. The maximum atomic E-state index is 13.2. The standard InChI is InChI=1S/C25H25Cl3N2O3/c26-15-5-3-14(4-6-15)22-18(17-8-7-16(27)12-20(17)28)9-10-25(19(22)13-29-24(25)32)30-23(31)21-2-1-11-33-21/h3-8,12,18-19,21-22H,1-2,9-11,13H2,(H,29,32)(H,30,31)/t18-,19-,21?,22-,25-/m0/s1. The van der Waals surface area contributed by atoms with Crippen molar-refractivity contribution in [1.82, 2.24) is 10.6 Å². The normalized spacial score (nSPS) is 31.2. The predicted octanol–water partition coefficient (Wildman–Crippen LogP) is 5.09. The third-order valence-corrected chi connectivity index (χ3v) is 8.24. The second-order valence-corrected chi connectivity index (χ2v) is 10.4. The fourth-order valence-corrected chi connectivity index (χ4v) is 6.55. The minimum Gasteiger partial charge on any atom is -0.368 e. The van der Waals surface area contributed by atoms with Gasteiger partial charge in [0.1, 0.15) is 11.6 Å². The molecule has 174 valence electrons. The molecule has 1 aliphatic carbocycles. The molecule has 0 spiro atoms. The van der Waals surface area contributed by atoms with E-state index in [0.717, 1.165) is 17.5 Å². The number of hydrogen-bond acceptors (Lipinski definition) is 3. The van der Waals surface area contributed by atoms with Gasteiger partial charge in [-0.1, -0.05) is 53.0 Å². The molecule has 2 aromatic rings. The average molecular weight is 508 g/mol. The molecule has 2 amide bonds. The smallest absolute Gasteiger partial charge is 0.249 e. The molecule has 5 atom stereocenters. The zero-order chi connectivity index (χ0) is 23.2. The van der Waals surface area contributed by atoms with Gasteiger partial charge in [-0.3, -0.25) is 9.59 Å². The van der Waals surface area contributed by atoms with Crippen LogP contribution in [0.25, 0.3) is 0 Å². The van der Waals surface area contributed by atoms with E-state index >= 15 is 0 Å². The van der Waals surface area contributed by atoms with Crippen molar-refractivity contribution < 1.29 is 14.3 Å². The molecule has 2 aliphatic heterocycles. The lowest BCUT2D eigenvalue weighted by atomic mass is 9.60. The molecule has 33 heavy (non-hydrogen) atoms. The van der Waals surface area contributed by atoms with E-state index in [2.05, 4.69) is 10.6 Å². The number of nitrogens with one attached hydrogen (secondary N) is 2. The Morgan fingerprint density at radius 2 is 1.82 bits per heavy atom. The third-order valence-electron chi connectivity index (χ3n) is 7.42. The van der Waals surface area contributed by atoms with E-state index in [1.54, 1.807) is 6.07 Å². The highest BCUT2D eigenvalue weighted by molar-refractivity contribution is 6.35. The summed E-state index contributed by atoms with van der Waals surface area (Å²) in [5, 5.41) is 8.01. The lowest BCUT2D eigenvalue weighted by Gasteiger charge is -2.47. The molecule has 1 unspecified atom stereocenters. The molecule has 2 N–H and O–H groups in total. The highest BCUT2D eigenvalue weighted by Gasteiger charge is 2.59. The van der Waals surface area contributed by atoms with Crippen LogP contribution in [0.15, 0.2) is 42.5 Å². The lowest BCUT2D eigenvalue weighted by Crippen LogP contribution is -2.62. The molecular weight excluding hydrogens is 483 g/mol. The number of ether oxygens (including phenoxy) is 1. The Kier molecular flexibility index (Phi) is 6.34. The molecular formula is C25H25Cl3N2O3. The van der Waals surface area contributed by atoms with Crippen molar-refractivity contribution in [2.24, 2.45) is 5.92 Å². The van der Waals surface area contributed by atoms with E-state index < -0.39 is 11.6 Å². The van der Waals surface area contributed by atoms with Crippen LogP contribution in [-0.2, 0) is 14.3 Å². The minimum atomic E-state index is -0.983. The van der Waals surface area contributed by atoms with Crippen molar-refractivity contribution in [2.45, 2.75) is 49.2 Å². The van der Waals surface area contributed by atoms with E-state index in [-0.39, 0.29) is 29.6 Å². The van der Waals surface area contributed by atoms with Gasteiger partial charge in [-0.25, -0.2) is 0 Å². The lowest BCUT2D eigenvalue weighted by molar-refractivity contribution is -0.139. The number of carbonyl (C=O) groups is 2. The average Bonchev–Trinajstić information content (AvgIpc) is 3.44. The van der Waals surface area contributed by atoms with Crippen molar-refractivity contribution in [1.29, 1.82) is 0 Å². The van der Waals surface area contributed by atoms with Crippen LogP contribution in [0.3, 0.4) is 0 Å². The van der Waals surface area contributed by atoms with Crippen LogP contribution in [0.1, 0.15) is 48.6 Å². The van der Waals surface area contributed by atoms with Gasteiger partial charge in [0, 0.05) is 34.1 Å². The first-order valence-corrected chi connectivity index (χ1v) is 12.4. The highest BCUT2D eigenvalue weighted by Crippen LogP contribution is 2.54. The summed E-state index contributed by atoms with van der Waals surface area (Å²) in [4.78, 5) is 26.3. The summed E-state index contributed by atoms with van der Waals surface area (Å²) in [6.07, 6.45) is 2.24. The molecule has 3 aliphatic rings. The first-order valence-electron chi connectivity index (χ1n) is 11.3. The van der Waals surface area contributed by atoms with E-state index in [1.807, 2.05) is 36.4 Å². The number of rotatable bonds is 4. The van der Waals surface area contributed by atoms with Gasteiger partial charge in [0.15, 0.2) is 0 Å². The number of hydrogen-bond donors (Lipinski definition) is 2. The molecule has 0 radical (unpaired) electrons. The SMILES string of the molecule is O=C(N[C@@]12CC[C@@H](c3ccc(Cl)cc3Cl)[C@H](c3ccc(Cl)cc3)[C@@H]1CNC2=O)C1CCCO1. The Labute approximate surface area is 208 Å². The van der Waals surface area contributed by atoms with Gasteiger partial charge in [-0.15, -0.1) is 0 Å². The van der Waals surface area contributed by atoms with Crippen LogP contribution in [0.5, 0.6) is 0 Å². The van der Waals surface area contributed by atoms with Crippen LogP contribution in [0.2, 0.25) is 15.1 Å². The van der Waals surface area contributed by atoms with Crippen LogP contribution >= 0.6 is 34.8 Å². The Bertz CT molecular complexity index is 1070. The van der Waals surface area contributed by atoms with Crippen LogP contribution < -0.4 is 10.6 Å².